The van der Waals surface area contributed by atoms with Gasteiger partial charge in [0, 0.05) is 24.9 Å². The van der Waals surface area contributed by atoms with Gasteiger partial charge in [-0.2, -0.15) is 4.98 Å². The Morgan fingerprint density at radius 1 is 1.19 bits per heavy atom. The van der Waals surface area contributed by atoms with Crippen molar-refractivity contribution in [1.29, 1.82) is 0 Å². The zero-order valence-corrected chi connectivity index (χ0v) is 17.0. The Morgan fingerprint density at radius 2 is 1.81 bits per heavy atom. The number of likely N-dealkylation sites (tertiary alicyclic amines) is 1. The van der Waals surface area contributed by atoms with Gasteiger partial charge in [-0.05, 0) is 39.4 Å². The van der Waals surface area contributed by atoms with Crippen LogP contribution in [0.4, 0.5) is 0 Å². The van der Waals surface area contributed by atoms with E-state index >= 15 is 0 Å². The summed E-state index contributed by atoms with van der Waals surface area (Å²) in [6.07, 6.45) is 1.72. The summed E-state index contributed by atoms with van der Waals surface area (Å²) in [6, 6.07) is 7.98. The molecular weight excluding hydrogens is 340 g/mol. The Labute approximate surface area is 161 Å². The number of piperidine rings is 1. The predicted molar refractivity (Wildman–Crippen MR) is 105 cm³/mol. The third kappa shape index (κ3) is 4.38. The fourth-order valence-electron chi connectivity index (χ4n) is 3.58. The Kier molecular flexibility index (Phi) is 5.95. The van der Waals surface area contributed by atoms with Crippen molar-refractivity contribution in [1.82, 2.24) is 19.9 Å². The molecule has 1 amide bonds. The van der Waals surface area contributed by atoms with Crippen molar-refractivity contribution in [3.63, 3.8) is 0 Å². The van der Waals surface area contributed by atoms with Crippen LogP contribution in [0.1, 0.15) is 67.4 Å². The van der Waals surface area contributed by atoms with Crippen LogP contribution in [0.15, 0.2) is 28.8 Å². The van der Waals surface area contributed by atoms with Crippen LogP contribution >= 0.6 is 0 Å². The molecule has 6 heteroatoms. The molecule has 0 radical (unpaired) electrons. The molecule has 0 N–H and O–H groups in total. The number of carbonyl (C=O) groups is 1. The van der Waals surface area contributed by atoms with Crippen LogP contribution in [0, 0.1) is 6.92 Å². The van der Waals surface area contributed by atoms with E-state index < -0.39 is 0 Å². The number of rotatable bonds is 5. The van der Waals surface area contributed by atoms with Gasteiger partial charge in [-0.1, -0.05) is 48.8 Å². The van der Waals surface area contributed by atoms with Crippen LogP contribution in [-0.2, 0) is 4.79 Å². The van der Waals surface area contributed by atoms with Gasteiger partial charge in [0.2, 0.25) is 11.8 Å². The van der Waals surface area contributed by atoms with Crippen LogP contribution in [-0.4, -0.2) is 53.0 Å². The zero-order chi connectivity index (χ0) is 19.6. The normalized spacial score (nSPS) is 16.9. The number of benzene rings is 1. The first kappa shape index (κ1) is 19.5. The van der Waals surface area contributed by atoms with Gasteiger partial charge in [-0.25, -0.2) is 0 Å². The molecule has 1 saturated heterocycles. The third-order valence-electron chi connectivity index (χ3n) is 5.27. The third-order valence-corrected chi connectivity index (χ3v) is 5.27. The number of likely N-dealkylation sites (N-methyl/N-ethyl adjacent to an activating group) is 1. The molecule has 1 aliphatic heterocycles. The summed E-state index contributed by atoms with van der Waals surface area (Å²) in [5, 5.41) is 4.07. The SMILES string of the molecule is Cc1ccc([C@@H](C(=O)N2CCC(c3nc(C(C)C)no3)CC2)N(C)C)cc1. The number of aromatic nitrogens is 2. The summed E-state index contributed by atoms with van der Waals surface area (Å²) < 4.78 is 5.45. The summed E-state index contributed by atoms with van der Waals surface area (Å²) in [6.45, 7) is 7.62. The van der Waals surface area contributed by atoms with Gasteiger partial charge < -0.3 is 9.42 Å². The zero-order valence-electron chi connectivity index (χ0n) is 17.0. The van der Waals surface area contributed by atoms with E-state index in [0.29, 0.717) is 5.89 Å². The van der Waals surface area contributed by atoms with Crippen molar-refractivity contribution in [2.75, 3.05) is 27.2 Å². The van der Waals surface area contributed by atoms with Gasteiger partial charge in [0.05, 0.1) is 0 Å². The number of hydrogen-bond acceptors (Lipinski definition) is 5. The van der Waals surface area contributed by atoms with Crippen molar-refractivity contribution in [2.24, 2.45) is 0 Å². The number of carbonyl (C=O) groups excluding carboxylic acids is 1. The molecule has 146 valence electrons. The summed E-state index contributed by atoms with van der Waals surface area (Å²) in [5.74, 6) is 2.14. The minimum absolute atomic E-state index is 0.163. The van der Waals surface area contributed by atoms with Crippen LogP contribution < -0.4 is 0 Å². The van der Waals surface area contributed by atoms with Gasteiger partial charge in [-0.3, -0.25) is 9.69 Å². The van der Waals surface area contributed by atoms with E-state index in [4.69, 9.17) is 4.52 Å². The van der Waals surface area contributed by atoms with E-state index in [9.17, 15) is 4.79 Å². The second-order valence-electron chi connectivity index (χ2n) is 8.02. The first-order valence-electron chi connectivity index (χ1n) is 9.72. The lowest BCUT2D eigenvalue weighted by Gasteiger charge is -2.35. The summed E-state index contributed by atoms with van der Waals surface area (Å²) >= 11 is 0. The molecule has 2 heterocycles. The fourth-order valence-corrected chi connectivity index (χ4v) is 3.58. The first-order chi connectivity index (χ1) is 12.9. The van der Waals surface area contributed by atoms with E-state index in [0.717, 1.165) is 37.3 Å². The lowest BCUT2D eigenvalue weighted by Crippen LogP contribution is -2.44. The Bertz CT molecular complexity index is 759. The molecule has 1 aromatic carbocycles. The minimum atomic E-state index is -0.252. The fraction of sp³-hybridized carbons (Fsp3) is 0.571. The highest BCUT2D eigenvalue weighted by molar-refractivity contribution is 5.83. The number of amides is 1. The minimum Gasteiger partial charge on any atom is -0.341 e. The average Bonchev–Trinajstić information content (AvgIpc) is 3.14. The topological polar surface area (TPSA) is 62.5 Å². The molecule has 2 aromatic rings. The Hall–Kier alpha value is -2.21. The Morgan fingerprint density at radius 3 is 2.33 bits per heavy atom. The summed E-state index contributed by atoms with van der Waals surface area (Å²) in [5.41, 5.74) is 2.24. The maximum atomic E-state index is 13.2. The van der Waals surface area contributed by atoms with Crippen molar-refractivity contribution in [2.45, 2.75) is 51.5 Å². The summed E-state index contributed by atoms with van der Waals surface area (Å²) in [4.78, 5) is 21.7. The van der Waals surface area contributed by atoms with Crippen molar-refractivity contribution < 1.29 is 9.32 Å². The number of aryl methyl sites for hydroxylation is 1. The summed E-state index contributed by atoms with van der Waals surface area (Å²) in [7, 11) is 3.92. The van der Waals surface area contributed by atoms with E-state index in [1.807, 2.05) is 23.9 Å². The molecule has 1 fully saturated rings. The average molecular weight is 370 g/mol. The van der Waals surface area contributed by atoms with E-state index in [2.05, 4.69) is 55.2 Å². The van der Waals surface area contributed by atoms with Gasteiger partial charge in [0.15, 0.2) is 5.82 Å². The highest BCUT2D eigenvalue weighted by atomic mass is 16.5. The molecule has 6 nitrogen and oxygen atoms in total. The van der Waals surface area contributed by atoms with Crippen LogP contribution in [0.3, 0.4) is 0 Å². The molecule has 0 bridgehead atoms. The van der Waals surface area contributed by atoms with E-state index in [1.165, 1.54) is 5.56 Å². The van der Waals surface area contributed by atoms with Crippen molar-refractivity contribution in [3.8, 4) is 0 Å². The second kappa shape index (κ2) is 8.21. The molecule has 3 rings (SSSR count). The molecule has 0 unspecified atom stereocenters. The van der Waals surface area contributed by atoms with Crippen molar-refractivity contribution >= 4 is 5.91 Å². The van der Waals surface area contributed by atoms with Crippen LogP contribution in [0.25, 0.3) is 0 Å². The lowest BCUT2D eigenvalue weighted by atomic mass is 9.95. The van der Waals surface area contributed by atoms with Crippen LogP contribution in [0.5, 0.6) is 0 Å². The first-order valence-corrected chi connectivity index (χ1v) is 9.72. The standard InChI is InChI=1S/C21H30N4O2/c1-14(2)19-22-20(27-23-19)17-10-12-25(13-11-17)21(26)18(24(4)5)16-8-6-15(3)7-9-16/h6-9,14,17-18H,10-13H2,1-5H3/t18-/m0/s1. The molecule has 1 aromatic heterocycles. The molecule has 27 heavy (non-hydrogen) atoms. The van der Waals surface area contributed by atoms with Gasteiger partial charge in [-0.15, -0.1) is 0 Å². The maximum absolute atomic E-state index is 13.2. The molecule has 0 saturated carbocycles. The predicted octanol–water partition coefficient (Wildman–Crippen LogP) is 3.51. The molecule has 1 atom stereocenters. The molecule has 0 spiro atoms. The monoisotopic (exact) mass is 370 g/mol. The molecule has 0 aliphatic carbocycles. The highest BCUT2D eigenvalue weighted by Crippen LogP contribution is 2.30. The maximum Gasteiger partial charge on any atom is 0.244 e. The molecular formula is C21H30N4O2. The quantitative estimate of drug-likeness (QED) is 0.806. The van der Waals surface area contributed by atoms with Gasteiger partial charge in [0.1, 0.15) is 6.04 Å². The van der Waals surface area contributed by atoms with Crippen LogP contribution in [0.2, 0.25) is 0 Å². The number of hydrogen-bond donors (Lipinski definition) is 0. The smallest absolute Gasteiger partial charge is 0.244 e. The largest absolute Gasteiger partial charge is 0.341 e. The molecule has 1 aliphatic rings. The Balaban J connectivity index is 1.66. The highest BCUT2D eigenvalue weighted by Gasteiger charge is 2.32. The van der Waals surface area contributed by atoms with E-state index in [1.54, 1.807) is 0 Å². The van der Waals surface area contributed by atoms with E-state index in [-0.39, 0.29) is 23.8 Å². The second-order valence-corrected chi connectivity index (χ2v) is 8.02. The lowest BCUT2D eigenvalue weighted by molar-refractivity contribution is -0.137. The number of nitrogens with zero attached hydrogens (tertiary/aromatic N) is 4. The van der Waals surface area contributed by atoms with Crippen molar-refractivity contribution in [3.05, 3.63) is 47.1 Å². The van der Waals surface area contributed by atoms with Gasteiger partial charge in [0.25, 0.3) is 0 Å². The van der Waals surface area contributed by atoms with Gasteiger partial charge >= 0.3 is 0 Å².